The van der Waals surface area contributed by atoms with Gasteiger partial charge in [-0.15, -0.1) is 0 Å². The van der Waals surface area contributed by atoms with E-state index in [0.29, 0.717) is 12.4 Å². The zero-order chi connectivity index (χ0) is 29.1. The van der Waals surface area contributed by atoms with Gasteiger partial charge in [-0.2, -0.15) is 13.2 Å². The number of benzene rings is 3. The van der Waals surface area contributed by atoms with Crippen molar-refractivity contribution in [2.45, 2.75) is 42.7 Å². The maximum absolute atomic E-state index is 14.5. The van der Waals surface area contributed by atoms with Crippen LogP contribution in [-0.2, 0) is 26.5 Å². The Kier molecular flexibility index (Phi) is 7.95. The predicted octanol–water partition coefficient (Wildman–Crippen LogP) is 5.55. The number of para-hydroxylation sites is 1. The summed E-state index contributed by atoms with van der Waals surface area (Å²) in [6, 6.07) is 24.1. The summed E-state index contributed by atoms with van der Waals surface area (Å²) in [6.07, 6.45) is -5.31. The van der Waals surface area contributed by atoms with E-state index in [4.69, 9.17) is 14.2 Å². The molecule has 2 heterocycles. The largest absolute Gasteiger partial charge is 0.489 e. The lowest BCUT2D eigenvalue weighted by Gasteiger charge is -2.49. The summed E-state index contributed by atoms with van der Waals surface area (Å²) in [7, 11) is 0.890. The first kappa shape index (κ1) is 28.5. The van der Waals surface area contributed by atoms with E-state index in [2.05, 4.69) is 5.32 Å². The third-order valence-electron chi connectivity index (χ3n) is 8.00. The summed E-state index contributed by atoms with van der Waals surface area (Å²) in [5.74, 6) is -0.927. The molecule has 1 unspecified atom stereocenters. The van der Waals surface area contributed by atoms with Gasteiger partial charge in [-0.25, -0.2) is 4.79 Å². The molecule has 0 aliphatic carbocycles. The van der Waals surface area contributed by atoms with Gasteiger partial charge in [0.1, 0.15) is 18.0 Å². The molecule has 2 atom stereocenters. The molecular weight excluding hydrogens is 537 g/mol. The third-order valence-corrected chi connectivity index (χ3v) is 8.00. The van der Waals surface area contributed by atoms with E-state index in [-0.39, 0.29) is 44.0 Å². The summed E-state index contributed by atoms with van der Waals surface area (Å²) in [4.78, 5) is 27.2. The monoisotopic (exact) mass is 568 g/mol. The standard InChI is InChI=1S/C31H31F3N2O5/c1-39-30(31(32,33)34,23-12-6-3-7-13-23)27(37)36-18-16-29(17-19-36)25(20-35-28(38)41-29)24-14-8-9-15-26(24)40-21-22-10-4-2-5-11-22/h2-15,25H,16-21H2,1H3,(H,35,38)/t25?,30-/m1/s1. The van der Waals surface area contributed by atoms with Crippen molar-refractivity contribution in [1.29, 1.82) is 0 Å². The maximum Gasteiger partial charge on any atom is 0.430 e. The van der Waals surface area contributed by atoms with Crippen LogP contribution >= 0.6 is 0 Å². The lowest BCUT2D eigenvalue weighted by molar-refractivity contribution is -0.271. The number of alkyl carbamates (subject to hydrolysis) is 1. The molecule has 2 aliphatic heterocycles. The van der Waals surface area contributed by atoms with Crippen molar-refractivity contribution < 1.29 is 37.0 Å². The van der Waals surface area contributed by atoms with Crippen LogP contribution < -0.4 is 10.1 Å². The van der Waals surface area contributed by atoms with Gasteiger partial charge in [0.2, 0.25) is 0 Å². The van der Waals surface area contributed by atoms with E-state index in [1.54, 1.807) is 6.07 Å². The number of carbonyl (C=O) groups excluding carboxylic acids is 2. The Morgan fingerprint density at radius 2 is 1.59 bits per heavy atom. The van der Waals surface area contributed by atoms with Gasteiger partial charge in [-0.3, -0.25) is 4.79 Å². The average molecular weight is 569 g/mol. The molecule has 1 spiro atoms. The minimum absolute atomic E-state index is 0.0519. The fraction of sp³-hybridized carbons (Fsp3) is 0.355. The molecule has 0 radical (unpaired) electrons. The number of piperidine rings is 1. The molecule has 3 aromatic rings. The van der Waals surface area contributed by atoms with Crippen LogP contribution in [0, 0.1) is 0 Å². The molecule has 41 heavy (non-hydrogen) atoms. The number of likely N-dealkylation sites (tertiary alicyclic amines) is 1. The quantitative estimate of drug-likeness (QED) is 0.404. The number of nitrogens with zero attached hydrogens (tertiary/aromatic N) is 1. The lowest BCUT2D eigenvalue weighted by Crippen LogP contribution is -2.62. The molecule has 5 rings (SSSR count). The van der Waals surface area contributed by atoms with Crippen molar-refractivity contribution in [2.75, 3.05) is 26.7 Å². The highest BCUT2D eigenvalue weighted by atomic mass is 19.4. The number of hydrogen-bond acceptors (Lipinski definition) is 5. The molecular formula is C31H31F3N2O5. The Morgan fingerprint density at radius 1 is 0.976 bits per heavy atom. The van der Waals surface area contributed by atoms with Crippen LogP contribution in [0.4, 0.5) is 18.0 Å². The molecule has 0 aromatic heterocycles. The number of alkyl halides is 3. The molecule has 2 aliphatic rings. The SMILES string of the molecule is CO[C@@](C(=O)N1CCC2(CC1)OC(=O)NCC2c1ccccc1OCc1ccccc1)(c1ccccc1)C(F)(F)F. The first-order valence-electron chi connectivity index (χ1n) is 13.4. The van der Waals surface area contributed by atoms with E-state index in [1.807, 2.05) is 54.6 Å². The van der Waals surface area contributed by atoms with E-state index in [0.717, 1.165) is 23.1 Å². The zero-order valence-corrected chi connectivity index (χ0v) is 22.5. The molecule has 2 amide bonds. The van der Waals surface area contributed by atoms with Crippen molar-refractivity contribution in [3.8, 4) is 5.75 Å². The molecule has 0 bridgehead atoms. The summed E-state index contributed by atoms with van der Waals surface area (Å²) in [5.41, 5.74) is -2.68. The van der Waals surface area contributed by atoms with Crippen molar-refractivity contribution in [1.82, 2.24) is 10.2 Å². The first-order chi connectivity index (χ1) is 19.7. The molecule has 3 aromatic carbocycles. The Labute approximate surface area is 236 Å². The smallest absolute Gasteiger partial charge is 0.430 e. The van der Waals surface area contributed by atoms with Gasteiger partial charge in [-0.1, -0.05) is 78.9 Å². The Balaban J connectivity index is 1.40. The molecule has 7 nitrogen and oxygen atoms in total. The number of carbonyl (C=O) groups is 2. The minimum atomic E-state index is -5.01. The van der Waals surface area contributed by atoms with E-state index in [9.17, 15) is 22.8 Å². The highest BCUT2D eigenvalue weighted by Gasteiger charge is 2.64. The normalized spacial score (nSPS) is 20.0. The van der Waals surface area contributed by atoms with Gasteiger partial charge in [0, 0.05) is 56.6 Å². The predicted molar refractivity (Wildman–Crippen MR) is 144 cm³/mol. The summed E-state index contributed by atoms with van der Waals surface area (Å²) in [5, 5.41) is 2.75. The molecule has 10 heteroatoms. The van der Waals surface area contributed by atoms with E-state index >= 15 is 0 Å². The topological polar surface area (TPSA) is 77.1 Å². The van der Waals surface area contributed by atoms with Crippen LogP contribution in [0.25, 0.3) is 0 Å². The van der Waals surface area contributed by atoms with Crippen molar-refractivity contribution in [3.63, 3.8) is 0 Å². The van der Waals surface area contributed by atoms with E-state index in [1.165, 1.54) is 24.3 Å². The second kappa shape index (κ2) is 11.4. The first-order valence-corrected chi connectivity index (χ1v) is 13.4. The van der Waals surface area contributed by atoms with Crippen LogP contribution in [0.3, 0.4) is 0 Å². The number of methoxy groups -OCH3 is 1. The molecule has 0 saturated carbocycles. The van der Waals surface area contributed by atoms with Gasteiger partial charge in [0.15, 0.2) is 0 Å². The molecule has 216 valence electrons. The number of hydrogen-bond donors (Lipinski definition) is 1. The van der Waals surface area contributed by atoms with Crippen LogP contribution in [0.15, 0.2) is 84.9 Å². The van der Waals surface area contributed by atoms with Crippen molar-refractivity contribution >= 4 is 12.0 Å². The molecule has 1 N–H and O–H groups in total. The second-order valence-corrected chi connectivity index (χ2v) is 10.2. The lowest BCUT2D eigenvalue weighted by atomic mass is 9.74. The number of ether oxygens (including phenoxy) is 3. The second-order valence-electron chi connectivity index (χ2n) is 10.2. The zero-order valence-electron chi connectivity index (χ0n) is 22.5. The maximum atomic E-state index is 14.5. The number of amides is 2. The fourth-order valence-electron chi connectivity index (χ4n) is 5.86. The number of rotatable bonds is 7. The van der Waals surface area contributed by atoms with Crippen LogP contribution in [0.1, 0.15) is 35.4 Å². The third kappa shape index (κ3) is 5.36. The summed E-state index contributed by atoms with van der Waals surface area (Å²) >= 11 is 0. The van der Waals surface area contributed by atoms with Gasteiger partial charge < -0.3 is 24.4 Å². The van der Waals surface area contributed by atoms with Gasteiger partial charge >= 0.3 is 12.3 Å². The average Bonchev–Trinajstić information content (AvgIpc) is 2.98. The van der Waals surface area contributed by atoms with Gasteiger partial charge in [0.05, 0.1) is 0 Å². The van der Waals surface area contributed by atoms with Gasteiger partial charge in [0.25, 0.3) is 11.5 Å². The number of nitrogens with one attached hydrogen (secondary N) is 1. The van der Waals surface area contributed by atoms with Gasteiger partial charge in [-0.05, 0) is 11.6 Å². The Bertz CT molecular complexity index is 1360. The van der Waals surface area contributed by atoms with Crippen LogP contribution in [0.2, 0.25) is 0 Å². The minimum Gasteiger partial charge on any atom is -0.489 e. The van der Waals surface area contributed by atoms with Crippen LogP contribution in [0.5, 0.6) is 5.75 Å². The molecule has 2 fully saturated rings. The van der Waals surface area contributed by atoms with Crippen molar-refractivity contribution in [3.05, 3.63) is 102 Å². The summed E-state index contributed by atoms with van der Waals surface area (Å²) in [6.45, 7) is 0.490. The molecule has 2 saturated heterocycles. The number of halogens is 3. The van der Waals surface area contributed by atoms with Crippen molar-refractivity contribution in [2.24, 2.45) is 0 Å². The highest BCUT2D eigenvalue weighted by molar-refractivity contribution is 5.88. The summed E-state index contributed by atoms with van der Waals surface area (Å²) < 4.78 is 60.6. The highest BCUT2D eigenvalue weighted by Crippen LogP contribution is 2.47. The Hall–Kier alpha value is -4.05. The Morgan fingerprint density at radius 3 is 2.22 bits per heavy atom. The van der Waals surface area contributed by atoms with Crippen LogP contribution in [-0.4, -0.2) is 55.4 Å². The van der Waals surface area contributed by atoms with E-state index < -0.39 is 29.4 Å². The fourth-order valence-corrected chi connectivity index (χ4v) is 5.86.